The van der Waals surface area contributed by atoms with Crippen molar-refractivity contribution < 1.29 is 23.1 Å². The van der Waals surface area contributed by atoms with Crippen LogP contribution in [-0.2, 0) is 12.8 Å². The zero-order valence-corrected chi connectivity index (χ0v) is 10.8. The number of alkyl halides is 3. The Bertz CT molecular complexity index is 681. The van der Waals surface area contributed by atoms with Crippen molar-refractivity contribution in [3.63, 3.8) is 0 Å². The Morgan fingerprint density at radius 2 is 1.71 bits per heavy atom. The summed E-state index contributed by atoms with van der Waals surface area (Å²) >= 11 is 0. The second-order valence-electron chi connectivity index (χ2n) is 4.49. The number of rotatable bonds is 3. The van der Waals surface area contributed by atoms with Crippen molar-refractivity contribution in [2.24, 2.45) is 0 Å². The van der Waals surface area contributed by atoms with E-state index in [4.69, 9.17) is 13.0 Å². The standard InChI is InChI=1S/C15H10BF3O2/c16-14-4-3-10(6-13(14)15(17,18)19)9-1-2-11(7-20)12(5-9)8-21/h1-6,8,20H,7H2. The molecule has 0 bridgehead atoms. The summed E-state index contributed by atoms with van der Waals surface area (Å²) in [7, 11) is 5.35. The molecule has 2 rings (SSSR count). The molecule has 0 fully saturated rings. The van der Waals surface area contributed by atoms with Crippen LogP contribution in [0.5, 0.6) is 0 Å². The number of aldehydes is 1. The Balaban J connectivity index is 2.55. The monoisotopic (exact) mass is 290 g/mol. The van der Waals surface area contributed by atoms with Crippen LogP contribution < -0.4 is 5.46 Å². The number of halogens is 3. The molecule has 2 aromatic carbocycles. The molecule has 2 radical (unpaired) electrons. The highest BCUT2D eigenvalue weighted by molar-refractivity contribution is 6.33. The lowest BCUT2D eigenvalue weighted by Gasteiger charge is -2.13. The van der Waals surface area contributed by atoms with Gasteiger partial charge in [0.05, 0.1) is 6.61 Å². The average molecular weight is 290 g/mol. The van der Waals surface area contributed by atoms with Gasteiger partial charge < -0.3 is 5.11 Å². The molecule has 0 atom stereocenters. The smallest absolute Gasteiger partial charge is 0.392 e. The number of carbonyl (C=O) groups excluding carboxylic acids is 1. The highest BCUT2D eigenvalue weighted by Crippen LogP contribution is 2.31. The van der Waals surface area contributed by atoms with Gasteiger partial charge in [0.25, 0.3) is 0 Å². The number of aliphatic hydroxyl groups is 1. The van der Waals surface area contributed by atoms with Crippen molar-refractivity contribution in [1.82, 2.24) is 0 Å². The van der Waals surface area contributed by atoms with Crippen LogP contribution in [0.3, 0.4) is 0 Å². The number of benzene rings is 2. The van der Waals surface area contributed by atoms with Crippen LogP contribution in [0.2, 0.25) is 0 Å². The molecule has 0 aliphatic heterocycles. The first-order valence-electron chi connectivity index (χ1n) is 6.03. The van der Waals surface area contributed by atoms with Gasteiger partial charge in [0, 0.05) is 11.1 Å². The number of aliphatic hydroxyl groups excluding tert-OH is 1. The molecule has 0 saturated heterocycles. The molecule has 1 N–H and O–H groups in total. The molecular formula is C15H10BF3O2. The van der Waals surface area contributed by atoms with E-state index in [1.54, 1.807) is 6.07 Å². The molecule has 2 aromatic rings. The van der Waals surface area contributed by atoms with Crippen molar-refractivity contribution in [3.05, 3.63) is 53.1 Å². The fourth-order valence-electron chi connectivity index (χ4n) is 2.01. The SMILES string of the molecule is [B]c1ccc(-c2ccc(CO)c(C=O)c2)cc1C(F)(F)F. The topological polar surface area (TPSA) is 37.3 Å². The molecular weight excluding hydrogens is 280 g/mol. The van der Waals surface area contributed by atoms with Gasteiger partial charge in [0.15, 0.2) is 0 Å². The Morgan fingerprint density at radius 1 is 1.10 bits per heavy atom. The van der Waals surface area contributed by atoms with Crippen LogP contribution in [0.25, 0.3) is 11.1 Å². The molecule has 0 amide bonds. The lowest BCUT2D eigenvalue weighted by Crippen LogP contribution is -2.19. The second-order valence-corrected chi connectivity index (χ2v) is 4.49. The van der Waals surface area contributed by atoms with E-state index in [0.717, 1.165) is 6.07 Å². The van der Waals surface area contributed by atoms with Crippen molar-refractivity contribution in [2.75, 3.05) is 0 Å². The molecule has 6 heteroatoms. The first kappa shape index (κ1) is 15.3. The average Bonchev–Trinajstić information content (AvgIpc) is 2.45. The Kier molecular flexibility index (Phi) is 4.18. The summed E-state index contributed by atoms with van der Waals surface area (Å²) < 4.78 is 38.5. The van der Waals surface area contributed by atoms with Gasteiger partial charge in [-0.1, -0.05) is 29.7 Å². The van der Waals surface area contributed by atoms with E-state index in [-0.39, 0.29) is 17.6 Å². The number of hydrogen-bond acceptors (Lipinski definition) is 2. The Hall–Kier alpha value is -2.08. The third kappa shape index (κ3) is 3.16. The predicted octanol–water partition coefficient (Wildman–Crippen LogP) is 2.47. The van der Waals surface area contributed by atoms with Crippen molar-refractivity contribution in [2.45, 2.75) is 12.8 Å². The summed E-state index contributed by atoms with van der Waals surface area (Å²) in [5, 5.41) is 9.07. The van der Waals surface area contributed by atoms with Crippen molar-refractivity contribution in [3.8, 4) is 11.1 Å². The molecule has 0 aliphatic carbocycles. The van der Waals surface area contributed by atoms with Crippen LogP contribution in [-0.4, -0.2) is 19.2 Å². The summed E-state index contributed by atoms with van der Waals surface area (Å²) in [6, 6.07) is 8.06. The first-order chi connectivity index (χ1) is 9.86. The lowest BCUT2D eigenvalue weighted by atomic mass is 9.87. The Labute approximate surface area is 120 Å². The van der Waals surface area contributed by atoms with Crippen LogP contribution in [0.1, 0.15) is 21.5 Å². The quantitative estimate of drug-likeness (QED) is 0.696. The summed E-state index contributed by atoms with van der Waals surface area (Å²) in [6.45, 7) is -0.316. The van der Waals surface area contributed by atoms with Gasteiger partial charge in [-0.3, -0.25) is 4.79 Å². The molecule has 2 nitrogen and oxygen atoms in total. The highest BCUT2D eigenvalue weighted by atomic mass is 19.4. The lowest BCUT2D eigenvalue weighted by molar-refractivity contribution is -0.136. The molecule has 0 spiro atoms. The van der Waals surface area contributed by atoms with Gasteiger partial charge in [0.2, 0.25) is 0 Å². The van der Waals surface area contributed by atoms with Crippen LogP contribution in [0.15, 0.2) is 36.4 Å². The maximum atomic E-state index is 12.8. The van der Waals surface area contributed by atoms with E-state index in [1.165, 1.54) is 24.3 Å². The van der Waals surface area contributed by atoms with E-state index >= 15 is 0 Å². The van der Waals surface area contributed by atoms with Crippen LogP contribution in [0.4, 0.5) is 13.2 Å². The summed E-state index contributed by atoms with van der Waals surface area (Å²) in [5.74, 6) is 0. The molecule has 0 aliphatic rings. The van der Waals surface area contributed by atoms with Gasteiger partial charge in [0.1, 0.15) is 14.1 Å². The maximum absolute atomic E-state index is 12.8. The minimum atomic E-state index is -4.54. The molecule has 21 heavy (non-hydrogen) atoms. The summed E-state index contributed by atoms with van der Waals surface area (Å²) in [6.07, 6.45) is -3.99. The normalized spacial score (nSPS) is 11.4. The summed E-state index contributed by atoms with van der Waals surface area (Å²) in [5.41, 5.74) is 0.122. The third-order valence-electron chi connectivity index (χ3n) is 3.14. The first-order valence-corrected chi connectivity index (χ1v) is 6.03. The van der Waals surface area contributed by atoms with Gasteiger partial charge in [-0.15, -0.1) is 0 Å². The van der Waals surface area contributed by atoms with Crippen molar-refractivity contribution in [1.29, 1.82) is 0 Å². The van der Waals surface area contributed by atoms with Gasteiger partial charge in [-0.25, -0.2) is 0 Å². The highest BCUT2D eigenvalue weighted by Gasteiger charge is 2.32. The molecule has 0 aromatic heterocycles. The van der Waals surface area contributed by atoms with Crippen LogP contribution >= 0.6 is 0 Å². The summed E-state index contributed by atoms with van der Waals surface area (Å²) in [4.78, 5) is 10.9. The zero-order chi connectivity index (χ0) is 15.6. The Morgan fingerprint density at radius 3 is 2.29 bits per heavy atom. The number of hydrogen-bond donors (Lipinski definition) is 1. The van der Waals surface area contributed by atoms with E-state index in [1.807, 2.05) is 0 Å². The van der Waals surface area contributed by atoms with E-state index in [9.17, 15) is 18.0 Å². The zero-order valence-electron chi connectivity index (χ0n) is 10.8. The van der Waals surface area contributed by atoms with E-state index in [2.05, 4.69) is 0 Å². The maximum Gasteiger partial charge on any atom is 0.415 e. The number of carbonyl (C=O) groups is 1. The van der Waals surface area contributed by atoms with Gasteiger partial charge in [-0.2, -0.15) is 13.2 Å². The fourth-order valence-corrected chi connectivity index (χ4v) is 2.01. The second kappa shape index (κ2) is 5.73. The largest absolute Gasteiger partial charge is 0.415 e. The van der Waals surface area contributed by atoms with Crippen molar-refractivity contribution >= 4 is 19.6 Å². The van der Waals surface area contributed by atoms with Gasteiger partial charge in [-0.05, 0) is 28.8 Å². The molecule has 0 heterocycles. The fraction of sp³-hybridized carbons (Fsp3) is 0.133. The minimum absolute atomic E-state index is 0.236. The van der Waals surface area contributed by atoms with E-state index in [0.29, 0.717) is 23.0 Å². The molecule has 0 unspecified atom stereocenters. The molecule has 106 valence electrons. The minimum Gasteiger partial charge on any atom is -0.392 e. The van der Waals surface area contributed by atoms with Gasteiger partial charge >= 0.3 is 6.18 Å². The molecule has 0 saturated carbocycles. The third-order valence-corrected chi connectivity index (χ3v) is 3.14. The van der Waals surface area contributed by atoms with E-state index < -0.39 is 11.7 Å². The predicted molar refractivity (Wildman–Crippen MR) is 73.6 cm³/mol. The van der Waals surface area contributed by atoms with Crippen LogP contribution in [0, 0.1) is 0 Å².